The summed E-state index contributed by atoms with van der Waals surface area (Å²) < 4.78 is 27.7. The van der Waals surface area contributed by atoms with Gasteiger partial charge in [-0.15, -0.1) is 0 Å². The normalized spacial score (nSPS) is 13.9. The second kappa shape index (κ2) is 10.4. The fourth-order valence-corrected chi connectivity index (χ4v) is 2.82. The molecule has 1 aromatic rings. The third kappa shape index (κ3) is 9.42. The van der Waals surface area contributed by atoms with Gasteiger partial charge in [0.05, 0.1) is 5.75 Å². The zero-order valence-corrected chi connectivity index (χ0v) is 16.7. The molecule has 1 heterocycles. The number of hydrogen-bond acceptors (Lipinski definition) is 6. The Kier molecular flexibility index (Phi) is 8.88. The van der Waals surface area contributed by atoms with Crippen molar-refractivity contribution in [3.05, 3.63) is 11.7 Å². The smallest absolute Gasteiger partial charge is 0.226 e. The van der Waals surface area contributed by atoms with Crippen LogP contribution in [0.4, 0.5) is 0 Å². The minimum atomic E-state index is -2.95. The molecule has 1 aromatic heterocycles. The number of nitrogens with zero attached hydrogens (tertiary/aromatic N) is 3. The molecule has 1 rings (SSSR count). The van der Waals surface area contributed by atoms with Gasteiger partial charge in [0, 0.05) is 37.7 Å². The molecule has 9 heteroatoms. The Bertz CT molecular complexity index is 640. The minimum absolute atomic E-state index is 0.0251. The van der Waals surface area contributed by atoms with Gasteiger partial charge in [-0.2, -0.15) is 4.98 Å². The lowest BCUT2D eigenvalue weighted by Crippen LogP contribution is -2.42. The van der Waals surface area contributed by atoms with Gasteiger partial charge in [0.15, 0.2) is 11.8 Å². The van der Waals surface area contributed by atoms with Crippen molar-refractivity contribution in [2.75, 3.05) is 25.1 Å². The van der Waals surface area contributed by atoms with Gasteiger partial charge < -0.3 is 15.2 Å². The van der Waals surface area contributed by atoms with Crippen LogP contribution in [0, 0.1) is 0 Å². The van der Waals surface area contributed by atoms with E-state index in [1.54, 1.807) is 0 Å². The van der Waals surface area contributed by atoms with Crippen LogP contribution in [0.3, 0.4) is 0 Å². The van der Waals surface area contributed by atoms with E-state index in [2.05, 4.69) is 25.8 Å². The highest BCUT2D eigenvalue weighted by Gasteiger charge is 2.10. The van der Waals surface area contributed by atoms with Gasteiger partial charge in [-0.1, -0.05) is 19.0 Å². The Labute approximate surface area is 150 Å². The lowest BCUT2D eigenvalue weighted by atomic mass is 10.2. The highest BCUT2D eigenvalue weighted by atomic mass is 32.2. The zero-order chi connectivity index (χ0) is 18.9. The third-order valence-corrected chi connectivity index (χ3v) is 4.45. The summed E-state index contributed by atoms with van der Waals surface area (Å²) in [6, 6.07) is 0.0251. The van der Waals surface area contributed by atoms with E-state index in [0.29, 0.717) is 31.2 Å². The van der Waals surface area contributed by atoms with Crippen LogP contribution in [0.15, 0.2) is 9.52 Å². The predicted molar refractivity (Wildman–Crippen MR) is 99.6 cm³/mol. The summed E-state index contributed by atoms with van der Waals surface area (Å²) in [6.45, 7) is 9.35. The standard InChI is InChI=1S/C16H31N5O3S/c1-6-17-16(19-13(4)9-11-25(5,22)23)18-10-7-8-14-20-15(12(2)3)21-24-14/h12-13H,6-11H2,1-5H3,(H2,17,18,19). The summed E-state index contributed by atoms with van der Waals surface area (Å²) in [4.78, 5) is 8.85. The van der Waals surface area contributed by atoms with Crippen molar-refractivity contribution in [2.24, 2.45) is 4.99 Å². The van der Waals surface area contributed by atoms with Gasteiger partial charge in [-0.25, -0.2) is 8.42 Å². The van der Waals surface area contributed by atoms with Crippen LogP contribution in [0.5, 0.6) is 0 Å². The van der Waals surface area contributed by atoms with Crippen molar-refractivity contribution in [1.29, 1.82) is 0 Å². The molecule has 0 amide bonds. The van der Waals surface area contributed by atoms with Crippen LogP contribution in [0.25, 0.3) is 0 Å². The molecule has 0 aromatic carbocycles. The summed E-state index contributed by atoms with van der Waals surface area (Å²) in [6.07, 6.45) is 3.28. The number of aryl methyl sites for hydroxylation is 1. The highest BCUT2D eigenvalue weighted by Crippen LogP contribution is 2.10. The maximum Gasteiger partial charge on any atom is 0.226 e. The molecular formula is C16H31N5O3S. The topological polar surface area (TPSA) is 109 Å². The molecule has 0 spiro atoms. The van der Waals surface area contributed by atoms with Crippen LogP contribution in [0.2, 0.25) is 0 Å². The van der Waals surface area contributed by atoms with E-state index in [1.165, 1.54) is 6.26 Å². The maximum atomic E-state index is 11.2. The van der Waals surface area contributed by atoms with E-state index in [4.69, 9.17) is 4.52 Å². The Morgan fingerprint density at radius 3 is 2.60 bits per heavy atom. The van der Waals surface area contributed by atoms with Gasteiger partial charge in [0.1, 0.15) is 9.84 Å². The molecule has 0 bridgehead atoms. The summed E-state index contributed by atoms with van der Waals surface area (Å²) in [5.41, 5.74) is 0. The molecule has 8 nitrogen and oxygen atoms in total. The predicted octanol–water partition coefficient (Wildman–Crippen LogP) is 1.50. The fraction of sp³-hybridized carbons (Fsp3) is 0.812. The van der Waals surface area contributed by atoms with Crippen LogP contribution in [-0.2, 0) is 16.3 Å². The van der Waals surface area contributed by atoms with Crippen molar-refractivity contribution < 1.29 is 12.9 Å². The van der Waals surface area contributed by atoms with E-state index in [9.17, 15) is 8.42 Å². The number of sulfone groups is 1. The number of rotatable bonds is 10. The number of hydrogen-bond donors (Lipinski definition) is 2. The second-order valence-corrected chi connectivity index (χ2v) is 8.79. The molecule has 0 aliphatic rings. The molecule has 0 aliphatic heterocycles. The quantitative estimate of drug-likeness (QED) is 0.363. The van der Waals surface area contributed by atoms with Gasteiger partial charge in [0.2, 0.25) is 5.89 Å². The van der Waals surface area contributed by atoms with Gasteiger partial charge in [-0.05, 0) is 26.7 Å². The molecule has 0 radical (unpaired) electrons. The first kappa shape index (κ1) is 21.4. The number of aliphatic imine (C=N–C) groups is 1. The van der Waals surface area contributed by atoms with Crippen molar-refractivity contribution in [3.8, 4) is 0 Å². The fourth-order valence-electron chi connectivity index (χ4n) is 2.04. The lowest BCUT2D eigenvalue weighted by Gasteiger charge is -2.17. The van der Waals surface area contributed by atoms with Gasteiger partial charge in [0.25, 0.3) is 0 Å². The first-order valence-corrected chi connectivity index (χ1v) is 10.8. The van der Waals surface area contributed by atoms with E-state index in [-0.39, 0.29) is 17.7 Å². The molecule has 2 N–H and O–H groups in total. The summed E-state index contributed by atoms with van der Waals surface area (Å²) >= 11 is 0. The summed E-state index contributed by atoms with van der Waals surface area (Å²) in [5.74, 6) is 2.48. The van der Waals surface area contributed by atoms with Gasteiger partial charge in [-0.3, -0.25) is 4.99 Å². The lowest BCUT2D eigenvalue weighted by molar-refractivity contribution is 0.369. The Morgan fingerprint density at radius 1 is 1.32 bits per heavy atom. The molecule has 1 unspecified atom stereocenters. The molecule has 1 atom stereocenters. The van der Waals surface area contributed by atoms with Crippen LogP contribution < -0.4 is 10.6 Å². The molecule has 0 aliphatic carbocycles. The SMILES string of the molecule is CCNC(=NCCCc1nc(C(C)C)no1)NC(C)CCS(C)(=O)=O. The summed E-state index contributed by atoms with van der Waals surface area (Å²) in [7, 11) is -2.95. The van der Waals surface area contributed by atoms with E-state index in [0.717, 1.165) is 18.8 Å². The zero-order valence-electron chi connectivity index (χ0n) is 15.9. The van der Waals surface area contributed by atoms with E-state index >= 15 is 0 Å². The number of nitrogens with one attached hydrogen (secondary N) is 2. The average Bonchev–Trinajstić information content (AvgIpc) is 2.98. The monoisotopic (exact) mass is 373 g/mol. The molecule has 25 heavy (non-hydrogen) atoms. The van der Waals surface area contributed by atoms with Crippen molar-refractivity contribution in [1.82, 2.24) is 20.8 Å². The first-order chi connectivity index (χ1) is 11.7. The van der Waals surface area contributed by atoms with Crippen molar-refractivity contribution >= 4 is 15.8 Å². The Hall–Kier alpha value is -1.64. The highest BCUT2D eigenvalue weighted by molar-refractivity contribution is 7.90. The largest absolute Gasteiger partial charge is 0.357 e. The van der Waals surface area contributed by atoms with Crippen LogP contribution in [0.1, 0.15) is 58.2 Å². The maximum absolute atomic E-state index is 11.2. The molecular weight excluding hydrogens is 342 g/mol. The Balaban J connectivity index is 2.43. The summed E-state index contributed by atoms with van der Waals surface area (Å²) in [5, 5.41) is 10.3. The molecule has 0 saturated heterocycles. The third-order valence-electron chi connectivity index (χ3n) is 3.47. The molecule has 0 fully saturated rings. The minimum Gasteiger partial charge on any atom is -0.357 e. The van der Waals surface area contributed by atoms with Crippen LogP contribution in [-0.4, -0.2) is 55.7 Å². The van der Waals surface area contributed by atoms with E-state index < -0.39 is 9.84 Å². The first-order valence-electron chi connectivity index (χ1n) is 8.76. The van der Waals surface area contributed by atoms with Crippen molar-refractivity contribution in [2.45, 2.75) is 58.9 Å². The Morgan fingerprint density at radius 2 is 2.04 bits per heavy atom. The van der Waals surface area contributed by atoms with E-state index in [1.807, 2.05) is 27.7 Å². The van der Waals surface area contributed by atoms with Crippen LogP contribution >= 0.6 is 0 Å². The van der Waals surface area contributed by atoms with Gasteiger partial charge >= 0.3 is 0 Å². The van der Waals surface area contributed by atoms with Crippen molar-refractivity contribution in [3.63, 3.8) is 0 Å². The number of guanidine groups is 1. The number of aromatic nitrogens is 2. The molecule has 0 saturated carbocycles. The average molecular weight is 374 g/mol. The second-order valence-electron chi connectivity index (χ2n) is 6.53. The molecule has 144 valence electrons.